The fraction of sp³-hybridized carbons (Fsp3) is 0.769. The number of rotatable bonds is 7. The van der Waals surface area contributed by atoms with Gasteiger partial charge in [-0.3, -0.25) is 4.68 Å². The number of aryl methyl sites for hydroxylation is 2. The molecule has 0 bridgehead atoms. The molecule has 0 saturated carbocycles. The van der Waals surface area contributed by atoms with Gasteiger partial charge in [-0.25, -0.2) is 0 Å². The highest BCUT2D eigenvalue weighted by atomic mass is 79.9. The van der Waals surface area contributed by atoms with Gasteiger partial charge in [-0.15, -0.1) is 11.6 Å². The van der Waals surface area contributed by atoms with E-state index in [1.54, 1.807) is 0 Å². The van der Waals surface area contributed by atoms with Crippen molar-refractivity contribution < 1.29 is 0 Å². The van der Waals surface area contributed by atoms with E-state index >= 15 is 0 Å². The second kappa shape index (κ2) is 6.92. The molecule has 5 heteroatoms. The predicted molar refractivity (Wildman–Crippen MR) is 81.2 cm³/mol. The first-order valence-corrected chi connectivity index (χ1v) is 7.89. The van der Waals surface area contributed by atoms with Gasteiger partial charge >= 0.3 is 0 Å². The van der Waals surface area contributed by atoms with Crippen LogP contribution in [0.1, 0.15) is 45.5 Å². The minimum Gasteiger partial charge on any atom is -0.305 e. The molecule has 0 amide bonds. The number of nitrogens with one attached hydrogen (secondary N) is 1. The molecule has 0 aromatic carbocycles. The van der Waals surface area contributed by atoms with Crippen molar-refractivity contribution in [2.45, 2.75) is 59.2 Å². The Balaban J connectivity index is 2.87. The zero-order valence-electron chi connectivity index (χ0n) is 11.7. The monoisotopic (exact) mass is 335 g/mol. The maximum atomic E-state index is 6.02. The molecule has 0 aliphatic rings. The normalized spacial score (nSPS) is 14.8. The van der Waals surface area contributed by atoms with Gasteiger partial charge in [0.2, 0.25) is 0 Å². The summed E-state index contributed by atoms with van der Waals surface area (Å²) in [6.45, 7) is 10.2. The van der Waals surface area contributed by atoms with E-state index in [4.69, 9.17) is 11.6 Å². The molecule has 1 N–H and O–H groups in total. The van der Waals surface area contributed by atoms with Crippen LogP contribution in [0.4, 0.5) is 0 Å². The third-order valence-electron chi connectivity index (χ3n) is 3.45. The van der Waals surface area contributed by atoms with Gasteiger partial charge in [0.05, 0.1) is 15.9 Å². The average molecular weight is 337 g/mol. The molecule has 0 radical (unpaired) electrons. The highest BCUT2D eigenvalue weighted by molar-refractivity contribution is 9.10. The first-order valence-electron chi connectivity index (χ1n) is 6.56. The molecule has 3 nitrogen and oxygen atoms in total. The van der Waals surface area contributed by atoms with Gasteiger partial charge < -0.3 is 5.32 Å². The Morgan fingerprint density at radius 3 is 2.50 bits per heavy atom. The number of nitrogens with zero attached hydrogens (tertiary/aromatic N) is 2. The summed E-state index contributed by atoms with van der Waals surface area (Å²) in [5, 5.41) is 8.14. The van der Waals surface area contributed by atoms with E-state index in [1.165, 1.54) is 5.69 Å². The number of hydrogen-bond donors (Lipinski definition) is 1. The predicted octanol–water partition coefficient (Wildman–Crippen LogP) is 3.73. The molecular formula is C13H23BrClN3. The average Bonchev–Trinajstić information content (AvgIpc) is 2.72. The van der Waals surface area contributed by atoms with Crippen molar-refractivity contribution in [3.8, 4) is 0 Å². The van der Waals surface area contributed by atoms with Crippen molar-refractivity contribution in [2.24, 2.45) is 0 Å². The number of halogens is 2. The molecule has 0 saturated heterocycles. The molecule has 0 fully saturated rings. The van der Waals surface area contributed by atoms with Crippen molar-refractivity contribution in [1.82, 2.24) is 15.1 Å². The van der Waals surface area contributed by atoms with Gasteiger partial charge in [-0.2, -0.15) is 5.10 Å². The van der Waals surface area contributed by atoms with E-state index in [0.717, 1.165) is 36.1 Å². The highest BCUT2D eigenvalue weighted by Crippen LogP contribution is 2.23. The van der Waals surface area contributed by atoms with E-state index in [0.29, 0.717) is 5.88 Å². The summed E-state index contributed by atoms with van der Waals surface area (Å²) < 4.78 is 3.19. The van der Waals surface area contributed by atoms with Crippen molar-refractivity contribution in [3.63, 3.8) is 0 Å². The zero-order chi connectivity index (χ0) is 13.8. The molecule has 1 atom stereocenters. The Morgan fingerprint density at radius 2 is 2.06 bits per heavy atom. The van der Waals surface area contributed by atoms with Crippen LogP contribution in [0.3, 0.4) is 0 Å². The lowest BCUT2D eigenvalue weighted by Gasteiger charge is -2.27. The lowest BCUT2D eigenvalue weighted by molar-refractivity contribution is 0.371. The number of alkyl halides is 1. The summed E-state index contributed by atoms with van der Waals surface area (Å²) >= 11 is 9.68. The molecule has 1 aromatic heterocycles. The first-order chi connectivity index (χ1) is 8.51. The fourth-order valence-electron chi connectivity index (χ4n) is 1.75. The van der Waals surface area contributed by atoms with Crippen LogP contribution >= 0.6 is 27.5 Å². The molecule has 1 aromatic rings. The van der Waals surface area contributed by atoms with Crippen LogP contribution < -0.4 is 5.32 Å². The lowest BCUT2D eigenvalue weighted by Crippen LogP contribution is -2.43. The Labute approximate surface area is 123 Å². The molecule has 0 spiro atoms. The zero-order valence-corrected chi connectivity index (χ0v) is 14.0. The highest BCUT2D eigenvalue weighted by Gasteiger charge is 2.22. The summed E-state index contributed by atoms with van der Waals surface area (Å²) in [7, 11) is 0. The molecular weight excluding hydrogens is 314 g/mol. The Morgan fingerprint density at radius 1 is 1.39 bits per heavy atom. The van der Waals surface area contributed by atoms with Crippen molar-refractivity contribution >= 4 is 27.5 Å². The quantitative estimate of drug-likeness (QED) is 0.769. The standard InChI is InChI=1S/C13H23BrClN3/c1-5-10-12(14)11(18(7-3)17-10)8-16-13(4,6-2)9-15/h16H,5-9H2,1-4H3. The summed E-state index contributed by atoms with van der Waals surface area (Å²) in [4.78, 5) is 0. The Bertz CT molecular complexity index is 386. The molecule has 1 heterocycles. The van der Waals surface area contributed by atoms with Crippen LogP contribution in [0.5, 0.6) is 0 Å². The summed E-state index contributed by atoms with van der Waals surface area (Å²) in [5.41, 5.74) is 2.31. The summed E-state index contributed by atoms with van der Waals surface area (Å²) in [5.74, 6) is 0.613. The molecule has 1 unspecified atom stereocenters. The van der Waals surface area contributed by atoms with E-state index in [9.17, 15) is 0 Å². The van der Waals surface area contributed by atoms with Gasteiger partial charge in [0, 0.05) is 24.5 Å². The minimum absolute atomic E-state index is 0.0176. The van der Waals surface area contributed by atoms with Crippen LogP contribution in [0.15, 0.2) is 4.47 Å². The van der Waals surface area contributed by atoms with Crippen molar-refractivity contribution in [1.29, 1.82) is 0 Å². The Hall–Kier alpha value is -0.0600. The van der Waals surface area contributed by atoms with Gasteiger partial charge in [-0.1, -0.05) is 13.8 Å². The maximum Gasteiger partial charge on any atom is 0.0767 e. The van der Waals surface area contributed by atoms with Crippen molar-refractivity contribution in [2.75, 3.05) is 5.88 Å². The third kappa shape index (κ3) is 3.49. The lowest BCUT2D eigenvalue weighted by atomic mass is 10.0. The largest absolute Gasteiger partial charge is 0.305 e. The van der Waals surface area contributed by atoms with Gasteiger partial charge in [-0.05, 0) is 42.6 Å². The van der Waals surface area contributed by atoms with Gasteiger partial charge in [0.25, 0.3) is 0 Å². The fourth-order valence-corrected chi connectivity index (χ4v) is 2.74. The molecule has 104 valence electrons. The SMILES string of the molecule is CCc1nn(CC)c(CNC(C)(CC)CCl)c1Br. The summed E-state index contributed by atoms with van der Waals surface area (Å²) in [6, 6.07) is 0. The minimum atomic E-state index is -0.0176. The molecule has 0 aliphatic carbocycles. The van der Waals surface area contributed by atoms with E-state index < -0.39 is 0 Å². The summed E-state index contributed by atoms with van der Waals surface area (Å²) in [6.07, 6.45) is 1.95. The second-order valence-corrected chi connectivity index (χ2v) is 5.84. The second-order valence-electron chi connectivity index (χ2n) is 4.78. The smallest absolute Gasteiger partial charge is 0.0767 e. The molecule has 0 aliphatic heterocycles. The first kappa shape index (κ1) is 16.0. The van der Waals surface area contributed by atoms with E-state index in [2.05, 4.69) is 58.7 Å². The van der Waals surface area contributed by atoms with Crippen LogP contribution in [-0.2, 0) is 19.5 Å². The maximum absolute atomic E-state index is 6.02. The Kier molecular flexibility index (Phi) is 6.15. The molecule has 1 rings (SSSR count). The van der Waals surface area contributed by atoms with Crippen LogP contribution in [0.25, 0.3) is 0 Å². The van der Waals surface area contributed by atoms with Crippen LogP contribution in [0, 0.1) is 0 Å². The number of aromatic nitrogens is 2. The van der Waals surface area contributed by atoms with E-state index in [1.807, 2.05) is 0 Å². The van der Waals surface area contributed by atoms with Gasteiger partial charge in [0.15, 0.2) is 0 Å². The third-order valence-corrected chi connectivity index (χ3v) is 4.96. The van der Waals surface area contributed by atoms with Crippen LogP contribution in [-0.4, -0.2) is 21.2 Å². The number of hydrogen-bond acceptors (Lipinski definition) is 2. The van der Waals surface area contributed by atoms with Gasteiger partial charge in [0.1, 0.15) is 0 Å². The molecule has 18 heavy (non-hydrogen) atoms. The van der Waals surface area contributed by atoms with E-state index in [-0.39, 0.29) is 5.54 Å². The topological polar surface area (TPSA) is 29.9 Å². The van der Waals surface area contributed by atoms with Crippen molar-refractivity contribution in [3.05, 3.63) is 15.9 Å². The van der Waals surface area contributed by atoms with Crippen LogP contribution in [0.2, 0.25) is 0 Å².